The molecule has 0 aromatic rings. The van der Waals surface area contributed by atoms with Gasteiger partial charge in [-0.25, -0.2) is 0 Å². The summed E-state index contributed by atoms with van der Waals surface area (Å²) in [6, 6.07) is 0. The van der Waals surface area contributed by atoms with E-state index < -0.39 is 20.5 Å². The molecule has 1 N–H and O–H groups in total. The largest absolute Gasteiger partial charge is 0.756 e. The van der Waals surface area contributed by atoms with Crippen molar-refractivity contribution in [3.8, 4) is 0 Å². The number of ether oxygens (including phenoxy) is 1. The molecule has 228 valence electrons. The summed E-state index contributed by atoms with van der Waals surface area (Å²) in [7, 11) is 1.26. The first-order valence-electron chi connectivity index (χ1n) is 15.3. The molecule has 0 bridgehead atoms. The highest BCUT2D eigenvalue weighted by Gasteiger charge is 2.16. The molecule has 38 heavy (non-hydrogen) atoms. The third-order valence-corrected chi connectivity index (χ3v) is 7.57. The van der Waals surface area contributed by atoms with Crippen molar-refractivity contribution in [3.63, 3.8) is 0 Å². The van der Waals surface area contributed by atoms with E-state index in [1.54, 1.807) is 0 Å². The zero-order valence-corrected chi connectivity index (χ0v) is 26.0. The van der Waals surface area contributed by atoms with Crippen molar-refractivity contribution >= 4 is 13.8 Å². The number of esters is 1. The molecule has 0 aliphatic carbocycles. The first kappa shape index (κ1) is 37.5. The van der Waals surface area contributed by atoms with Crippen molar-refractivity contribution in [1.29, 1.82) is 0 Å². The molecule has 0 aromatic heterocycles. The van der Waals surface area contributed by atoms with Gasteiger partial charge in [-0.05, 0) is 6.42 Å². The molecule has 0 rings (SSSR count). The van der Waals surface area contributed by atoms with E-state index in [1.165, 1.54) is 96.3 Å². The summed E-state index contributed by atoms with van der Waals surface area (Å²) in [6.07, 6.45) is 22.4. The fourth-order valence-electron chi connectivity index (χ4n) is 4.12. The summed E-state index contributed by atoms with van der Waals surface area (Å²) in [5, 5.41) is 9.82. The summed E-state index contributed by atoms with van der Waals surface area (Å²) in [6.45, 7) is 1.96. The van der Waals surface area contributed by atoms with Gasteiger partial charge >= 0.3 is 5.97 Å². The van der Waals surface area contributed by atoms with Crippen LogP contribution in [0.1, 0.15) is 129 Å². The number of aliphatic hydroxyl groups excluding tert-OH is 1. The Hall–Kier alpha value is -0.500. The molecule has 9 heteroatoms. The van der Waals surface area contributed by atoms with Crippen LogP contribution in [-0.4, -0.2) is 69.2 Å². The fourth-order valence-corrected chi connectivity index (χ4v) is 4.86. The molecule has 0 heterocycles. The van der Waals surface area contributed by atoms with Gasteiger partial charge in [-0.1, -0.05) is 116 Å². The highest BCUT2D eigenvalue weighted by molar-refractivity contribution is 7.45. The Morgan fingerprint density at radius 3 is 1.58 bits per heavy atom. The molecule has 0 saturated carbocycles. The van der Waals surface area contributed by atoms with E-state index in [0.29, 0.717) is 17.4 Å². The van der Waals surface area contributed by atoms with Gasteiger partial charge in [0, 0.05) is 6.42 Å². The zero-order valence-electron chi connectivity index (χ0n) is 25.1. The maximum absolute atomic E-state index is 11.8. The lowest BCUT2D eigenvalue weighted by Gasteiger charge is -2.27. The summed E-state index contributed by atoms with van der Waals surface area (Å²) in [4.78, 5) is 23.5. The number of carbonyl (C=O) groups excluding carboxylic acids is 1. The van der Waals surface area contributed by atoms with Crippen LogP contribution in [0.3, 0.4) is 0 Å². The number of hydrogen-bond acceptors (Lipinski definition) is 7. The highest BCUT2D eigenvalue weighted by Crippen LogP contribution is 2.38. The Morgan fingerprint density at radius 1 is 0.737 bits per heavy atom. The number of aliphatic hydroxyl groups is 1. The fraction of sp³-hybridized carbons (Fsp3) is 0.966. The average Bonchev–Trinajstić information content (AvgIpc) is 2.84. The van der Waals surface area contributed by atoms with Crippen LogP contribution < -0.4 is 4.89 Å². The molecular formula is C29H60NO7P. The van der Waals surface area contributed by atoms with Crippen molar-refractivity contribution in [2.45, 2.75) is 135 Å². The minimum absolute atomic E-state index is 0.00520. The van der Waals surface area contributed by atoms with Crippen molar-refractivity contribution in [2.75, 3.05) is 47.5 Å². The van der Waals surface area contributed by atoms with Gasteiger partial charge < -0.3 is 28.3 Å². The Balaban J connectivity index is 3.46. The maximum atomic E-state index is 11.8. The first-order valence-corrected chi connectivity index (χ1v) is 16.8. The molecule has 0 aliphatic rings. The normalized spacial score (nSPS) is 14.4. The van der Waals surface area contributed by atoms with Gasteiger partial charge in [-0.2, -0.15) is 0 Å². The molecule has 0 radical (unpaired) electrons. The lowest BCUT2D eigenvalue weighted by atomic mass is 10.0. The molecule has 1 unspecified atom stereocenters. The van der Waals surface area contributed by atoms with E-state index in [0.717, 1.165) is 19.3 Å². The number of likely N-dealkylation sites (N-methyl/N-ethyl adjacent to an activating group) is 1. The van der Waals surface area contributed by atoms with Crippen molar-refractivity contribution in [3.05, 3.63) is 0 Å². The summed E-state index contributed by atoms with van der Waals surface area (Å²) < 4.78 is 26.7. The van der Waals surface area contributed by atoms with Crippen LogP contribution in [0.25, 0.3) is 0 Å². The van der Waals surface area contributed by atoms with E-state index in [1.807, 2.05) is 21.1 Å². The molecule has 0 aliphatic heterocycles. The number of carbonyl (C=O) groups is 1. The van der Waals surface area contributed by atoms with Gasteiger partial charge in [-0.3, -0.25) is 9.36 Å². The minimum Gasteiger partial charge on any atom is -0.756 e. The molecule has 0 fully saturated rings. The zero-order chi connectivity index (χ0) is 28.5. The number of nitrogens with zero attached hydrogens (tertiary/aromatic N) is 1. The number of phosphoric ester groups is 1. The van der Waals surface area contributed by atoms with E-state index in [2.05, 4.69) is 11.4 Å². The lowest BCUT2D eigenvalue weighted by molar-refractivity contribution is -0.870. The maximum Gasteiger partial charge on any atom is 0.305 e. The average molecular weight is 566 g/mol. The van der Waals surface area contributed by atoms with E-state index in [4.69, 9.17) is 9.26 Å². The number of hydrogen-bond donors (Lipinski definition) is 1. The Kier molecular flexibility index (Phi) is 24.0. The van der Waals surface area contributed by atoms with Crippen LogP contribution in [0, 0.1) is 0 Å². The van der Waals surface area contributed by atoms with Gasteiger partial charge in [-0.15, -0.1) is 0 Å². The quantitative estimate of drug-likeness (QED) is 0.0498. The van der Waals surface area contributed by atoms with Crippen molar-refractivity contribution < 1.29 is 37.6 Å². The second-order valence-electron chi connectivity index (χ2n) is 11.7. The molecule has 0 aromatic carbocycles. The molecular weight excluding hydrogens is 505 g/mol. The van der Waals surface area contributed by atoms with Crippen molar-refractivity contribution in [1.82, 2.24) is 0 Å². The van der Waals surface area contributed by atoms with E-state index >= 15 is 0 Å². The highest BCUT2D eigenvalue weighted by atomic mass is 31.2. The van der Waals surface area contributed by atoms with Gasteiger partial charge in [0.15, 0.2) is 0 Å². The van der Waals surface area contributed by atoms with Gasteiger partial charge in [0.05, 0.1) is 27.7 Å². The van der Waals surface area contributed by atoms with Crippen LogP contribution >= 0.6 is 7.82 Å². The number of quaternary nitrogens is 1. The third-order valence-electron chi connectivity index (χ3n) is 6.61. The Bertz CT molecular complexity index is 598. The molecule has 8 nitrogen and oxygen atoms in total. The summed E-state index contributed by atoms with van der Waals surface area (Å²) >= 11 is 0. The second-order valence-corrected chi connectivity index (χ2v) is 13.1. The second kappa shape index (κ2) is 24.3. The lowest BCUT2D eigenvalue weighted by Crippen LogP contribution is -2.37. The predicted octanol–water partition coefficient (Wildman–Crippen LogP) is 6.53. The van der Waals surface area contributed by atoms with E-state index in [9.17, 15) is 19.4 Å². The summed E-state index contributed by atoms with van der Waals surface area (Å²) in [5.41, 5.74) is 0. The summed E-state index contributed by atoms with van der Waals surface area (Å²) in [5.74, 6) is -0.384. The van der Waals surface area contributed by atoms with Crippen LogP contribution in [0.4, 0.5) is 0 Å². The Labute approximate surface area is 234 Å². The predicted molar refractivity (Wildman–Crippen MR) is 153 cm³/mol. The molecule has 0 amide bonds. The first-order chi connectivity index (χ1) is 18.1. The third kappa shape index (κ3) is 28.5. The van der Waals surface area contributed by atoms with Crippen LogP contribution in [0.5, 0.6) is 0 Å². The topological polar surface area (TPSA) is 105 Å². The van der Waals surface area contributed by atoms with Gasteiger partial charge in [0.2, 0.25) is 0 Å². The number of rotatable bonds is 28. The number of unbranched alkanes of at least 4 members (excludes halogenated alkanes) is 17. The molecule has 0 saturated heterocycles. The van der Waals surface area contributed by atoms with Gasteiger partial charge in [0.1, 0.15) is 25.9 Å². The smallest absolute Gasteiger partial charge is 0.305 e. The van der Waals surface area contributed by atoms with Gasteiger partial charge in [0.25, 0.3) is 7.82 Å². The monoisotopic (exact) mass is 565 g/mol. The standard InChI is InChI=1S/C29H60NO7P/c1-5-6-7-8-9-10-11-12-13-14-15-16-17-18-19-20-21-22-23-29(32)35-26-28(31)27-37-38(33,34)36-25-24-30(2,3)4/h28,31H,5-27H2,1-4H3/t28-/m1/s1. The van der Waals surface area contributed by atoms with Crippen LogP contribution in [-0.2, 0) is 23.1 Å². The Morgan fingerprint density at radius 2 is 1.16 bits per heavy atom. The SMILES string of the molecule is CCCCCCCCCCCCCCCCCCCCC(=O)OC[C@@H](O)COP(=O)([O-])OCC[N+](C)(C)C. The minimum atomic E-state index is -4.49. The molecule has 2 atom stereocenters. The van der Waals surface area contributed by atoms with Crippen LogP contribution in [0.2, 0.25) is 0 Å². The van der Waals surface area contributed by atoms with Crippen molar-refractivity contribution in [2.24, 2.45) is 0 Å². The van der Waals surface area contributed by atoms with E-state index in [-0.39, 0.29) is 19.2 Å². The number of phosphoric acid groups is 1. The molecule has 0 spiro atoms. The van der Waals surface area contributed by atoms with Crippen LogP contribution in [0.15, 0.2) is 0 Å².